The fourth-order valence-corrected chi connectivity index (χ4v) is 2.99. The molecule has 0 aliphatic heterocycles. The van der Waals surface area contributed by atoms with E-state index in [4.69, 9.17) is 28.8 Å². The van der Waals surface area contributed by atoms with Crippen LogP contribution in [0.25, 0.3) is 0 Å². The minimum absolute atomic E-state index is 0.01000. The zero-order chi connectivity index (χ0) is 26.1. The summed E-state index contributed by atoms with van der Waals surface area (Å²) < 4.78 is 26.9. The van der Waals surface area contributed by atoms with Gasteiger partial charge in [0.25, 0.3) is 0 Å². The van der Waals surface area contributed by atoms with Crippen LogP contribution < -0.4 is 17.1 Å². The third kappa shape index (κ3) is 10.6. The van der Waals surface area contributed by atoms with E-state index in [2.05, 4.69) is 13.2 Å². The van der Waals surface area contributed by atoms with Crippen LogP contribution in [-0.4, -0.2) is 91.0 Å². The van der Waals surface area contributed by atoms with Gasteiger partial charge in [0, 0.05) is 25.4 Å². The maximum atomic E-state index is 12.6. The van der Waals surface area contributed by atoms with Crippen LogP contribution in [0.4, 0.5) is 0 Å². The number of H-pyrrole nitrogens is 2. The van der Waals surface area contributed by atoms with Crippen LogP contribution >= 0.6 is 0 Å². The molecule has 0 amide bonds. The number of ether oxygens (including phenoxy) is 5. The smallest absolute Gasteiger partial charge is 0.334 e. The van der Waals surface area contributed by atoms with Gasteiger partial charge in [0.05, 0.1) is 38.6 Å². The van der Waals surface area contributed by atoms with Crippen molar-refractivity contribution in [1.82, 2.24) is 14.5 Å². The molecule has 0 saturated carbocycles. The summed E-state index contributed by atoms with van der Waals surface area (Å²) in [6, 6.07) is 0. The Balaban J connectivity index is 3.01. The number of carbonyl (C=O) groups excluding carboxylic acids is 2. The monoisotopic (exact) mass is 501 g/mol. The van der Waals surface area contributed by atoms with Crippen LogP contribution in [0.2, 0.25) is 0 Å². The maximum Gasteiger partial charge on any atom is 0.334 e. The van der Waals surface area contributed by atoms with E-state index in [1.54, 1.807) is 0 Å². The van der Waals surface area contributed by atoms with Gasteiger partial charge in [-0.25, -0.2) is 28.5 Å². The van der Waals surface area contributed by atoms with Crippen molar-refractivity contribution in [3.8, 4) is 0 Å². The van der Waals surface area contributed by atoms with E-state index in [9.17, 15) is 24.0 Å². The van der Waals surface area contributed by atoms with E-state index in [0.29, 0.717) is 0 Å². The lowest BCUT2D eigenvalue weighted by atomic mass is 9.92. The highest BCUT2D eigenvalue weighted by atomic mass is 16.6. The second-order valence-electron chi connectivity index (χ2n) is 6.99. The number of hydrogen-bond donors (Lipinski definition) is 3. The minimum atomic E-state index is -1.35. The predicted octanol–water partition coefficient (Wildman–Crippen LogP) is -1.80. The van der Waals surface area contributed by atoms with E-state index < -0.39 is 34.5 Å². The quantitative estimate of drug-likeness (QED) is 0.110. The van der Waals surface area contributed by atoms with Gasteiger partial charge in [-0.05, 0) is 12.8 Å². The SMILES string of the molecule is C=CC(=O)OCCOCCC(CCOCCOC(=O)C=C)(COCCO)n1c(=O)[nH]c(=O)[nH]c1=O. The van der Waals surface area contributed by atoms with Gasteiger partial charge >= 0.3 is 29.0 Å². The van der Waals surface area contributed by atoms with Gasteiger partial charge in [-0.1, -0.05) is 13.2 Å². The Morgan fingerprint density at radius 3 is 1.71 bits per heavy atom. The highest BCUT2D eigenvalue weighted by molar-refractivity contribution is 5.81. The molecule has 14 heteroatoms. The van der Waals surface area contributed by atoms with E-state index in [1.807, 2.05) is 9.97 Å². The lowest BCUT2D eigenvalue weighted by Crippen LogP contribution is -2.56. The molecule has 0 fully saturated rings. The zero-order valence-electron chi connectivity index (χ0n) is 19.3. The number of hydrogen-bond acceptors (Lipinski definition) is 11. The third-order valence-electron chi connectivity index (χ3n) is 4.63. The number of aliphatic hydroxyl groups excluding tert-OH is 1. The lowest BCUT2D eigenvalue weighted by Gasteiger charge is -2.34. The van der Waals surface area contributed by atoms with E-state index in [1.165, 1.54) is 0 Å². The van der Waals surface area contributed by atoms with E-state index >= 15 is 0 Å². The number of esters is 2. The van der Waals surface area contributed by atoms with Crippen LogP contribution in [0.3, 0.4) is 0 Å². The van der Waals surface area contributed by atoms with Crippen LogP contribution in [0.5, 0.6) is 0 Å². The molecule has 35 heavy (non-hydrogen) atoms. The molecule has 0 bridgehead atoms. The molecular weight excluding hydrogens is 470 g/mol. The average molecular weight is 501 g/mol. The van der Waals surface area contributed by atoms with Gasteiger partial charge in [0.2, 0.25) is 0 Å². The Kier molecular flexibility index (Phi) is 13.9. The zero-order valence-corrected chi connectivity index (χ0v) is 19.3. The highest BCUT2D eigenvalue weighted by Crippen LogP contribution is 2.24. The van der Waals surface area contributed by atoms with Crippen molar-refractivity contribution < 1.29 is 38.4 Å². The molecule has 1 rings (SSSR count). The molecular formula is C21H31N3O11. The number of nitrogens with zero attached hydrogens (tertiary/aromatic N) is 1. The molecule has 0 radical (unpaired) electrons. The normalized spacial score (nSPS) is 11.1. The molecule has 1 aromatic rings. The number of carbonyl (C=O) groups is 2. The topological polar surface area (TPSA) is 188 Å². The summed E-state index contributed by atoms with van der Waals surface area (Å²) in [5.74, 6) is -1.22. The molecule has 0 aliphatic rings. The molecule has 1 heterocycles. The Hall–Kier alpha value is -3.33. The summed E-state index contributed by atoms with van der Waals surface area (Å²) in [5.41, 5.74) is -4.25. The number of rotatable bonds is 19. The first-order valence-corrected chi connectivity index (χ1v) is 10.7. The van der Waals surface area contributed by atoms with Crippen molar-refractivity contribution in [2.45, 2.75) is 18.4 Å². The molecule has 0 aliphatic carbocycles. The van der Waals surface area contributed by atoms with Crippen molar-refractivity contribution in [3.05, 3.63) is 56.8 Å². The van der Waals surface area contributed by atoms with Gasteiger partial charge in [-0.3, -0.25) is 9.97 Å². The maximum absolute atomic E-state index is 12.6. The standard InChI is InChI=1S/C21H31N3O11/c1-3-16(26)34-13-11-31-8-5-21(15-33-10-7-25,6-9-32-12-14-35-17(27)4-2)24-19(29)22-18(28)23-20(24)30/h3-4,25H,1-2,5-15H2,(H2,22,23,28,29,30). The largest absolute Gasteiger partial charge is 0.460 e. The summed E-state index contributed by atoms with van der Waals surface area (Å²) in [7, 11) is 0. The van der Waals surface area contributed by atoms with Crippen LogP contribution in [0, 0.1) is 0 Å². The number of aliphatic hydroxyl groups is 1. The molecule has 0 unspecified atom stereocenters. The number of nitrogens with one attached hydrogen (secondary N) is 2. The van der Waals surface area contributed by atoms with Crippen molar-refractivity contribution in [1.29, 1.82) is 0 Å². The van der Waals surface area contributed by atoms with Gasteiger partial charge in [-0.2, -0.15) is 0 Å². The Labute approximate surface area is 200 Å². The van der Waals surface area contributed by atoms with Crippen molar-refractivity contribution in [2.24, 2.45) is 0 Å². The first-order chi connectivity index (χ1) is 16.8. The summed E-state index contributed by atoms with van der Waals surface area (Å²) in [6.45, 7) is 6.00. The van der Waals surface area contributed by atoms with Crippen molar-refractivity contribution in [3.63, 3.8) is 0 Å². The molecule has 3 N–H and O–H groups in total. The van der Waals surface area contributed by atoms with Gasteiger partial charge < -0.3 is 28.8 Å². The molecule has 0 atom stereocenters. The van der Waals surface area contributed by atoms with Gasteiger partial charge in [0.1, 0.15) is 13.2 Å². The van der Waals surface area contributed by atoms with Gasteiger partial charge in [0.15, 0.2) is 0 Å². The lowest BCUT2D eigenvalue weighted by molar-refractivity contribution is -0.140. The Bertz CT molecular complexity index is 929. The molecule has 0 saturated heterocycles. The molecule has 196 valence electrons. The van der Waals surface area contributed by atoms with Crippen molar-refractivity contribution >= 4 is 11.9 Å². The van der Waals surface area contributed by atoms with E-state index in [0.717, 1.165) is 16.7 Å². The number of aromatic nitrogens is 3. The van der Waals surface area contributed by atoms with Gasteiger partial charge in [-0.15, -0.1) is 0 Å². The third-order valence-corrected chi connectivity index (χ3v) is 4.63. The van der Waals surface area contributed by atoms with Crippen molar-refractivity contribution in [2.75, 3.05) is 59.5 Å². The average Bonchev–Trinajstić information content (AvgIpc) is 2.82. The Morgan fingerprint density at radius 1 is 0.800 bits per heavy atom. The molecule has 1 aromatic heterocycles. The highest BCUT2D eigenvalue weighted by Gasteiger charge is 2.36. The summed E-state index contributed by atoms with van der Waals surface area (Å²) >= 11 is 0. The number of aromatic amines is 2. The predicted molar refractivity (Wildman–Crippen MR) is 121 cm³/mol. The van der Waals surface area contributed by atoms with Crippen LogP contribution in [-0.2, 0) is 38.8 Å². The fraction of sp³-hybridized carbons (Fsp3) is 0.571. The summed E-state index contributed by atoms with van der Waals surface area (Å²) in [5, 5.41) is 9.10. The van der Waals surface area contributed by atoms with Crippen LogP contribution in [0.15, 0.2) is 39.7 Å². The summed E-state index contributed by atoms with van der Waals surface area (Å²) in [4.78, 5) is 63.0. The van der Waals surface area contributed by atoms with Crippen LogP contribution in [0.1, 0.15) is 12.8 Å². The summed E-state index contributed by atoms with van der Waals surface area (Å²) in [6.07, 6.45) is 2.13. The minimum Gasteiger partial charge on any atom is -0.460 e. The fourth-order valence-electron chi connectivity index (χ4n) is 2.99. The second-order valence-corrected chi connectivity index (χ2v) is 6.99. The molecule has 0 aromatic carbocycles. The van der Waals surface area contributed by atoms with E-state index in [-0.39, 0.29) is 72.3 Å². The molecule has 14 nitrogen and oxygen atoms in total. The first kappa shape index (κ1) is 29.7. The molecule has 0 spiro atoms. The first-order valence-electron chi connectivity index (χ1n) is 10.7. The Morgan fingerprint density at radius 2 is 1.29 bits per heavy atom. The second kappa shape index (κ2) is 16.3.